The molecule has 0 spiro atoms. The molecule has 0 radical (unpaired) electrons. The molecule has 2 N–H and O–H groups in total. The predicted molar refractivity (Wildman–Crippen MR) is 104 cm³/mol. The number of rotatable bonds is 5. The first-order valence-electron chi connectivity index (χ1n) is 8.47. The van der Waals surface area contributed by atoms with Crippen LogP contribution >= 0.6 is 11.8 Å². The molecule has 0 bridgehead atoms. The maximum Gasteiger partial charge on any atom is 0.330 e. The molecule has 1 aliphatic rings. The number of para-hydroxylation sites is 1. The van der Waals surface area contributed by atoms with Crippen molar-refractivity contribution < 1.29 is 19.5 Å². The van der Waals surface area contributed by atoms with Gasteiger partial charge >= 0.3 is 5.97 Å². The number of benzene rings is 2. The number of carbonyl (C=O) groups is 3. The van der Waals surface area contributed by atoms with Gasteiger partial charge in [0.2, 0.25) is 11.8 Å². The van der Waals surface area contributed by atoms with Crippen LogP contribution in [0.4, 0.5) is 5.69 Å². The van der Waals surface area contributed by atoms with Gasteiger partial charge in [-0.3, -0.25) is 9.59 Å². The quantitative estimate of drug-likeness (QED) is 0.828. The number of hydrogen-bond acceptors (Lipinski definition) is 4. The van der Waals surface area contributed by atoms with Crippen LogP contribution in [0.2, 0.25) is 0 Å². The second kappa shape index (κ2) is 7.84. The van der Waals surface area contributed by atoms with E-state index < -0.39 is 17.9 Å². The molecule has 0 aromatic heterocycles. The van der Waals surface area contributed by atoms with E-state index in [1.807, 2.05) is 32.0 Å². The molecule has 0 aliphatic carbocycles. The Kier molecular flexibility index (Phi) is 5.51. The maximum atomic E-state index is 12.5. The number of nitrogens with zero attached hydrogens (tertiary/aromatic N) is 1. The highest BCUT2D eigenvalue weighted by atomic mass is 32.2. The van der Waals surface area contributed by atoms with Crippen LogP contribution < -0.4 is 10.2 Å². The Morgan fingerprint density at radius 3 is 2.52 bits per heavy atom. The van der Waals surface area contributed by atoms with E-state index in [9.17, 15) is 19.5 Å². The lowest BCUT2D eigenvalue weighted by Crippen LogP contribution is -2.45. The second-order valence-corrected chi connectivity index (χ2v) is 7.51. The molecule has 3 rings (SSSR count). The number of anilines is 1. The average Bonchev–Trinajstić information content (AvgIpc) is 2.61. The van der Waals surface area contributed by atoms with E-state index in [1.165, 1.54) is 16.7 Å². The van der Waals surface area contributed by atoms with Crippen LogP contribution in [0.3, 0.4) is 0 Å². The van der Waals surface area contributed by atoms with E-state index in [1.54, 1.807) is 24.3 Å². The molecule has 1 aliphatic heterocycles. The van der Waals surface area contributed by atoms with Crippen LogP contribution in [0.5, 0.6) is 0 Å². The molecule has 27 heavy (non-hydrogen) atoms. The molecule has 7 heteroatoms. The van der Waals surface area contributed by atoms with Gasteiger partial charge in [0, 0.05) is 4.90 Å². The SMILES string of the molecule is Cc1cc(C)cc(C(NC(=O)CN2C(=O)CSc3ccccc32)C(=O)O)c1. The molecule has 0 saturated heterocycles. The number of carboxylic acid groups (broad SMARTS) is 1. The topological polar surface area (TPSA) is 86.7 Å². The predicted octanol–water partition coefficient (Wildman–Crippen LogP) is 2.68. The summed E-state index contributed by atoms with van der Waals surface area (Å²) in [5.41, 5.74) is 3.02. The number of nitrogens with one attached hydrogen (secondary N) is 1. The van der Waals surface area contributed by atoms with Crippen LogP contribution in [0, 0.1) is 13.8 Å². The highest BCUT2D eigenvalue weighted by molar-refractivity contribution is 8.00. The molecule has 2 aromatic carbocycles. The maximum absolute atomic E-state index is 12.5. The van der Waals surface area contributed by atoms with Crippen molar-refractivity contribution in [1.82, 2.24) is 5.32 Å². The zero-order valence-corrected chi connectivity index (χ0v) is 15.9. The third-order valence-corrected chi connectivity index (χ3v) is 5.29. The van der Waals surface area contributed by atoms with Gasteiger partial charge in [0.25, 0.3) is 0 Å². The standard InChI is InChI=1S/C20H20N2O4S/c1-12-7-13(2)9-14(8-12)19(20(25)26)21-17(23)10-22-15-5-3-4-6-16(15)27-11-18(22)24/h3-9,19H,10-11H2,1-2H3,(H,21,23)(H,25,26). The van der Waals surface area contributed by atoms with Crippen molar-refractivity contribution in [2.45, 2.75) is 24.8 Å². The summed E-state index contributed by atoms with van der Waals surface area (Å²) in [4.78, 5) is 38.9. The summed E-state index contributed by atoms with van der Waals surface area (Å²) in [6.45, 7) is 3.53. The van der Waals surface area contributed by atoms with E-state index in [-0.39, 0.29) is 18.2 Å². The van der Waals surface area contributed by atoms with Crippen molar-refractivity contribution in [3.05, 3.63) is 59.2 Å². The zero-order valence-electron chi connectivity index (χ0n) is 15.1. The number of thioether (sulfide) groups is 1. The van der Waals surface area contributed by atoms with Gasteiger partial charge in [-0.05, 0) is 31.5 Å². The van der Waals surface area contributed by atoms with Gasteiger partial charge in [0.05, 0.1) is 11.4 Å². The minimum absolute atomic E-state index is 0.174. The first-order chi connectivity index (χ1) is 12.8. The van der Waals surface area contributed by atoms with Crippen molar-refractivity contribution in [3.8, 4) is 0 Å². The van der Waals surface area contributed by atoms with Crippen molar-refractivity contribution >= 4 is 35.2 Å². The summed E-state index contributed by atoms with van der Waals surface area (Å²) >= 11 is 1.43. The summed E-state index contributed by atoms with van der Waals surface area (Å²) < 4.78 is 0. The van der Waals surface area contributed by atoms with Crippen LogP contribution in [0.25, 0.3) is 0 Å². The smallest absolute Gasteiger partial charge is 0.330 e. The Morgan fingerprint density at radius 1 is 1.19 bits per heavy atom. The van der Waals surface area contributed by atoms with Crippen molar-refractivity contribution in [3.63, 3.8) is 0 Å². The van der Waals surface area contributed by atoms with Gasteiger partial charge in [-0.15, -0.1) is 11.8 Å². The molecular weight excluding hydrogens is 364 g/mol. The fraction of sp³-hybridized carbons (Fsp3) is 0.250. The Labute approximate surface area is 161 Å². The number of amides is 2. The lowest BCUT2D eigenvalue weighted by molar-refractivity contribution is -0.141. The number of aliphatic carboxylic acids is 1. The number of hydrogen-bond donors (Lipinski definition) is 2. The molecule has 1 atom stereocenters. The summed E-state index contributed by atoms with van der Waals surface area (Å²) in [5, 5.41) is 12.1. The summed E-state index contributed by atoms with van der Waals surface area (Å²) in [6, 6.07) is 11.6. The Bertz CT molecular complexity index is 892. The summed E-state index contributed by atoms with van der Waals surface area (Å²) in [7, 11) is 0. The van der Waals surface area contributed by atoms with E-state index in [4.69, 9.17) is 0 Å². The van der Waals surface area contributed by atoms with E-state index in [0.717, 1.165) is 16.0 Å². The van der Waals surface area contributed by atoms with Gasteiger partial charge in [-0.2, -0.15) is 0 Å². The summed E-state index contributed by atoms with van der Waals surface area (Å²) in [5.74, 6) is -1.58. The lowest BCUT2D eigenvalue weighted by Gasteiger charge is -2.28. The zero-order chi connectivity index (χ0) is 19.6. The monoisotopic (exact) mass is 384 g/mol. The second-order valence-electron chi connectivity index (χ2n) is 6.50. The first kappa shape index (κ1) is 19.0. The first-order valence-corrected chi connectivity index (χ1v) is 9.46. The van der Waals surface area contributed by atoms with Gasteiger partial charge < -0.3 is 15.3 Å². The molecule has 0 saturated carbocycles. The summed E-state index contributed by atoms with van der Waals surface area (Å²) in [6.07, 6.45) is 0. The fourth-order valence-electron chi connectivity index (χ4n) is 3.14. The van der Waals surface area contributed by atoms with E-state index in [2.05, 4.69) is 5.32 Å². The largest absolute Gasteiger partial charge is 0.479 e. The van der Waals surface area contributed by atoms with Gasteiger partial charge in [0.15, 0.2) is 6.04 Å². The number of carbonyl (C=O) groups excluding carboxylic acids is 2. The molecule has 2 aromatic rings. The van der Waals surface area contributed by atoms with Crippen LogP contribution in [0.15, 0.2) is 47.4 Å². The molecule has 1 unspecified atom stereocenters. The number of aryl methyl sites for hydroxylation is 2. The van der Waals surface area contributed by atoms with Crippen LogP contribution in [0.1, 0.15) is 22.7 Å². The third kappa shape index (κ3) is 4.31. The Hall–Kier alpha value is -2.80. The molecule has 1 heterocycles. The third-order valence-electron chi connectivity index (χ3n) is 4.24. The lowest BCUT2D eigenvalue weighted by atomic mass is 10.0. The van der Waals surface area contributed by atoms with E-state index >= 15 is 0 Å². The van der Waals surface area contributed by atoms with Gasteiger partial charge in [-0.25, -0.2) is 4.79 Å². The minimum atomic E-state index is -1.17. The molecule has 2 amide bonds. The highest BCUT2D eigenvalue weighted by Gasteiger charge is 2.28. The number of carboxylic acids is 1. The Morgan fingerprint density at radius 2 is 1.85 bits per heavy atom. The van der Waals surface area contributed by atoms with Crippen molar-refractivity contribution in [1.29, 1.82) is 0 Å². The molecule has 0 fully saturated rings. The normalized spacial score (nSPS) is 14.4. The van der Waals surface area contributed by atoms with Crippen LogP contribution in [-0.2, 0) is 14.4 Å². The number of fused-ring (bicyclic) bond motifs is 1. The average molecular weight is 384 g/mol. The van der Waals surface area contributed by atoms with E-state index in [0.29, 0.717) is 11.3 Å². The van der Waals surface area contributed by atoms with Crippen LogP contribution in [-0.4, -0.2) is 35.2 Å². The molecular formula is C20H20N2O4S. The van der Waals surface area contributed by atoms with Crippen molar-refractivity contribution in [2.75, 3.05) is 17.2 Å². The molecule has 6 nitrogen and oxygen atoms in total. The minimum Gasteiger partial charge on any atom is -0.479 e. The fourth-order valence-corrected chi connectivity index (χ4v) is 4.08. The highest BCUT2D eigenvalue weighted by Crippen LogP contribution is 2.34. The Balaban J connectivity index is 1.79. The van der Waals surface area contributed by atoms with Gasteiger partial charge in [-0.1, -0.05) is 41.5 Å². The van der Waals surface area contributed by atoms with Gasteiger partial charge in [0.1, 0.15) is 6.54 Å². The van der Waals surface area contributed by atoms with Crippen molar-refractivity contribution in [2.24, 2.45) is 0 Å². The molecule has 140 valence electrons.